The number of imide groups is 1. The second-order valence-electron chi connectivity index (χ2n) is 7.59. The fourth-order valence-corrected chi connectivity index (χ4v) is 3.47. The second-order valence-corrected chi connectivity index (χ2v) is 7.59. The third-order valence-corrected chi connectivity index (χ3v) is 5.03. The number of likely N-dealkylation sites (N-methyl/N-ethyl adjacent to an activating group) is 1. The predicted molar refractivity (Wildman–Crippen MR) is 86.3 cm³/mol. The highest BCUT2D eigenvalue weighted by atomic mass is 16.2. The van der Waals surface area contributed by atoms with E-state index < -0.39 is 11.0 Å². The average molecular weight is 314 g/mol. The van der Waals surface area contributed by atoms with Gasteiger partial charge in [-0.25, -0.2) is 4.79 Å². The maximum Gasteiger partial charge on any atom is 0.324 e. The zero-order chi connectivity index (χ0) is 17.0. The highest BCUT2D eigenvalue weighted by molar-refractivity contribution is 6.07. The lowest BCUT2D eigenvalue weighted by Crippen LogP contribution is -2.51. The van der Waals surface area contributed by atoms with Crippen molar-refractivity contribution in [3.63, 3.8) is 0 Å². The molecule has 1 heterocycles. The third kappa shape index (κ3) is 2.35. The number of urea groups is 1. The number of fused-ring (bicyclic) bond motifs is 1. The van der Waals surface area contributed by atoms with Crippen LogP contribution in [0.5, 0.6) is 0 Å². The summed E-state index contributed by atoms with van der Waals surface area (Å²) >= 11 is 0. The van der Waals surface area contributed by atoms with E-state index in [0.29, 0.717) is 24.8 Å². The van der Waals surface area contributed by atoms with Crippen molar-refractivity contribution in [2.45, 2.75) is 45.6 Å². The maximum atomic E-state index is 12.4. The molecule has 1 aliphatic heterocycles. The standard InChI is InChI=1S/C18H22N2O3/c1-17(2,3)14(21)12-5-6-13-10-18(8-7-11(13)9-12)15(22)19-16(23)20(18)4/h5-6,9H,7-8,10H2,1-4H3,(H,19,22,23). The molecular weight excluding hydrogens is 292 g/mol. The van der Waals surface area contributed by atoms with Crippen LogP contribution in [0.25, 0.3) is 0 Å². The van der Waals surface area contributed by atoms with Gasteiger partial charge in [-0.2, -0.15) is 0 Å². The molecule has 122 valence electrons. The number of ketones is 1. The summed E-state index contributed by atoms with van der Waals surface area (Å²) in [6, 6.07) is 5.38. The van der Waals surface area contributed by atoms with E-state index >= 15 is 0 Å². The van der Waals surface area contributed by atoms with Gasteiger partial charge in [-0.15, -0.1) is 0 Å². The first-order valence-electron chi connectivity index (χ1n) is 7.91. The molecule has 1 spiro atoms. The number of carbonyl (C=O) groups is 3. The SMILES string of the molecule is CN1C(=O)NC(=O)C12CCc1cc(C(=O)C(C)(C)C)ccc1C2. The minimum absolute atomic E-state index is 0.117. The predicted octanol–water partition coefficient (Wildman–Crippen LogP) is 2.32. The van der Waals surface area contributed by atoms with Crippen molar-refractivity contribution in [2.75, 3.05) is 7.05 Å². The summed E-state index contributed by atoms with van der Waals surface area (Å²) in [5, 5.41) is 2.40. The van der Waals surface area contributed by atoms with Crippen molar-refractivity contribution in [3.05, 3.63) is 34.9 Å². The van der Waals surface area contributed by atoms with Crippen LogP contribution in [0.15, 0.2) is 18.2 Å². The normalized spacial score (nSPS) is 23.9. The van der Waals surface area contributed by atoms with Gasteiger partial charge in [-0.1, -0.05) is 32.9 Å². The Labute approximate surface area is 136 Å². The molecule has 5 nitrogen and oxygen atoms in total. The molecule has 3 amide bonds. The van der Waals surface area contributed by atoms with Gasteiger partial charge in [0.2, 0.25) is 0 Å². The molecule has 1 unspecified atom stereocenters. The molecule has 0 bridgehead atoms. The van der Waals surface area contributed by atoms with Crippen molar-refractivity contribution in [3.8, 4) is 0 Å². The van der Waals surface area contributed by atoms with Gasteiger partial charge in [0.25, 0.3) is 5.91 Å². The molecule has 1 N–H and O–H groups in total. The summed E-state index contributed by atoms with van der Waals surface area (Å²) in [6.07, 6.45) is 1.77. The molecule has 23 heavy (non-hydrogen) atoms. The maximum absolute atomic E-state index is 12.4. The Balaban J connectivity index is 1.94. The summed E-state index contributed by atoms with van der Waals surface area (Å²) in [6.45, 7) is 5.73. The third-order valence-electron chi connectivity index (χ3n) is 5.03. The Morgan fingerprint density at radius 1 is 1.22 bits per heavy atom. The molecule has 1 fully saturated rings. The highest BCUT2D eigenvalue weighted by Gasteiger charge is 2.52. The van der Waals surface area contributed by atoms with Gasteiger partial charge in [0, 0.05) is 24.4 Å². The van der Waals surface area contributed by atoms with E-state index in [0.717, 1.165) is 11.1 Å². The van der Waals surface area contributed by atoms with Crippen LogP contribution in [0.1, 0.15) is 48.7 Å². The smallest absolute Gasteiger partial charge is 0.312 e. The Hall–Kier alpha value is -2.17. The van der Waals surface area contributed by atoms with E-state index in [1.54, 1.807) is 7.05 Å². The van der Waals surface area contributed by atoms with Crippen LogP contribution in [-0.4, -0.2) is 35.2 Å². The molecular formula is C18H22N2O3. The van der Waals surface area contributed by atoms with E-state index in [2.05, 4.69) is 5.32 Å². The number of Topliss-reactive ketones (excluding diaryl/α,β-unsaturated/α-hetero) is 1. The molecule has 5 heteroatoms. The number of carbonyl (C=O) groups excluding carboxylic acids is 3. The average Bonchev–Trinajstić information content (AvgIpc) is 2.69. The van der Waals surface area contributed by atoms with Gasteiger partial charge < -0.3 is 4.90 Å². The van der Waals surface area contributed by atoms with Gasteiger partial charge in [-0.05, 0) is 30.0 Å². The number of rotatable bonds is 1. The summed E-state index contributed by atoms with van der Waals surface area (Å²) in [5.41, 5.74) is 1.67. The van der Waals surface area contributed by atoms with Gasteiger partial charge in [0.05, 0.1) is 0 Å². The molecule has 0 radical (unpaired) electrons. The van der Waals surface area contributed by atoms with Crippen molar-refractivity contribution < 1.29 is 14.4 Å². The second kappa shape index (κ2) is 4.91. The largest absolute Gasteiger partial charge is 0.324 e. The zero-order valence-corrected chi connectivity index (χ0v) is 14.0. The molecule has 3 rings (SSSR count). The minimum atomic E-state index is -0.778. The topological polar surface area (TPSA) is 66.5 Å². The van der Waals surface area contributed by atoms with Gasteiger partial charge in [-0.3, -0.25) is 14.9 Å². The van der Waals surface area contributed by atoms with E-state index in [1.165, 1.54) is 4.90 Å². The van der Waals surface area contributed by atoms with Gasteiger partial charge in [0.15, 0.2) is 5.78 Å². The fourth-order valence-electron chi connectivity index (χ4n) is 3.47. The molecule has 0 saturated carbocycles. The Bertz CT molecular complexity index is 717. The number of amides is 3. The first-order chi connectivity index (χ1) is 10.6. The van der Waals surface area contributed by atoms with E-state index in [9.17, 15) is 14.4 Å². The van der Waals surface area contributed by atoms with Crippen LogP contribution in [-0.2, 0) is 17.6 Å². The molecule has 0 aromatic heterocycles. The number of aryl methyl sites for hydroxylation is 1. The number of hydrogen-bond donors (Lipinski definition) is 1. The fraction of sp³-hybridized carbons (Fsp3) is 0.500. The number of nitrogens with zero attached hydrogens (tertiary/aromatic N) is 1. The number of benzene rings is 1. The van der Waals surface area contributed by atoms with Crippen LogP contribution in [0, 0.1) is 5.41 Å². The van der Waals surface area contributed by atoms with E-state index in [-0.39, 0.29) is 17.7 Å². The van der Waals surface area contributed by atoms with Crippen molar-refractivity contribution in [1.82, 2.24) is 10.2 Å². The highest BCUT2D eigenvalue weighted by Crippen LogP contribution is 2.36. The number of hydrogen-bond acceptors (Lipinski definition) is 3. The molecule has 1 atom stereocenters. The van der Waals surface area contributed by atoms with Crippen LogP contribution < -0.4 is 5.32 Å². The quantitative estimate of drug-likeness (QED) is 0.639. The molecule has 1 aliphatic carbocycles. The Morgan fingerprint density at radius 3 is 2.48 bits per heavy atom. The Kier molecular flexibility index (Phi) is 3.36. The summed E-state index contributed by atoms with van der Waals surface area (Å²) < 4.78 is 0. The monoisotopic (exact) mass is 314 g/mol. The number of nitrogens with one attached hydrogen (secondary N) is 1. The molecule has 2 aliphatic rings. The van der Waals surface area contributed by atoms with Crippen LogP contribution in [0.3, 0.4) is 0 Å². The van der Waals surface area contributed by atoms with Crippen LogP contribution in [0.2, 0.25) is 0 Å². The van der Waals surface area contributed by atoms with Crippen LogP contribution >= 0.6 is 0 Å². The lowest BCUT2D eigenvalue weighted by atomic mass is 9.76. The summed E-state index contributed by atoms with van der Waals surface area (Å²) in [4.78, 5) is 38.0. The first-order valence-corrected chi connectivity index (χ1v) is 7.91. The Morgan fingerprint density at radius 2 is 1.91 bits per heavy atom. The van der Waals surface area contributed by atoms with Crippen molar-refractivity contribution in [1.29, 1.82) is 0 Å². The summed E-state index contributed by atoms with van der Waals surface area (Å²) in [5.74, 6) is -0.100. The van der Waals surface area contributed by atoms with Crippen molar-refractivity contribution >= 4 is 17.7 Å². The lowest BCUT2D eigenvalue weighted by Gasteiger charge is -2.37. The van der Waals surface area contributed by atoms with E-state index in [1.807, 2.05) is 39.0 Å². The molecule has 1 aromatic carbocycles. The lowest BCUT2D eigenvalue weighted by molar-refractivity contribution is -0.126. The van der Waals surface area contributed by atoms with Gasteiger partial charge >= 0.3 is 6.03 Å². The van der Waals surface area contributed by atoms with Crippen LogP contribution in [0.4, 0.5) is 4.79 Å². The molecule has 1 saturated heterocycles. The molecule has 1 aromatic rings. The van der Waals surface area contributed by atoms with Crippen molar-refractivity contribution in [2.24, 2.45) is 5.41 Å². The minimum Gasteiger partial charge on any atom is -0.312 e. The summed E-state index contributed by atoms with van der Waals surface area (Å²) in [7, 11) is 1.67. The first kappa shape index (κ1) is 15.7. The van der Waals surface area contributed by atoms with Gasteiger partial charge in [0.1, 0.15) is 5.54 Å². The zero-order valence-electron chi connectivity index (χ0n) is 14.0. The van der Waals surface area contributed by atoms with E-state index in [4.69, 9.17) is 0 Å².